The van der Waals surface area contributed by atoms with Crippen LogP contribution >= 0.6 is 11.8 Å². The number of benzene rings is 3. The summed E-state index contributed by atoms with van der Waals surface area (Å²) in [6.45, 7) is 3.01. The van der Waals surface area contributed by atoms with Gasteiger partial charge in [-0.3, -0.25) is 24.3 Å². The molecule has 3 heterocycles. The predicted molar refractivity (Wildman–Crippen MR) is 163 cm³/mol. The number of para-hydroxylation sites is 1. The van der Waals surface area contributed by atoms with Gasteiger partial charge >= 0.3 is 5.88 Å². The third-order valence-electron chi connectivity index (χ3n) is 6.60. The number of nitrogens with one attached hydrogen (secondary N) is 1. The molecule has 0 radical (unpaired) electrons. The van der Waals surface area contributed by atoms with Crippen LogP contribution in [0.15, 0.2) is 106 Å². The van der Waals surface area contributed by atoms with Crippen molar-refractivity contribution in [1.82, 2.24) is 5.27 Å². The summed E-state index contributed by atoms with van der Waals surface area (Å²) in [4.78, 5) is 34.0. The Hall–Kier alpha value is -4.94. The number of carbonyl (C=O) groups excluding carboxylic acids is 2. The molecule has 2 aliphatic heterocycles. The van der Waals surface area contributed by atoms with Gasteiger partial charge in [-0.2, -0.15) is 0 Å². The van der Waals surface area contributed by atoms with E-state index in [1.165, 1.54) is 4.90 Å². The Balaban J connectivity index is 1.12. The first-order valence-electron chi connectivity index (χ1n) is 13.7. The van der Waals surface area contributed by atoms with Crippen LogP contribution in [0.3, 0.4) is 0 Å². The van der Waals surface area contributed by atoms with E-state index in [2.05, 4.69) is 15.6 Å². The van der Waals surface area contributed by atoms with Crippen molar-refractivity contribution in [2.24, 2.45) is 4.99 Å². The van der Waals surface area contributed by atoms with Crippen LogP contribution in [0.25, 0.3) is 6.08 Å². The molecule has 43 heavy (non-hydrogen) atoms. The van der Waals surface area contributed by atoms with Gasteiger partial charge in [0.2, 0.25) is 11.2 Å². The van der Waals surface area contributed by atoms with Crippen molar-refractivity contribution >= 4 is 46.4 Å². The Morgan fingerprint density at radius 2 is 1.72 bits per heavy atom. The van der Waals surface area contributed by atoms with E-state index in [0.29, 0.717) is 43.8 Å². The zero-order valence-corrected chi connectivity index (χ0v) is 24.0. The minimum absolute atomic E-state index is 0.00836. The number of carbonyl (C=O) groups is 2. The lowest BCUT2D eigenvalue weighted by Crippen LogP contribution is -2.62. The normalized spacial score (nSPS) is 16.0. The smallest absolute Gasteiger partial charge is 0.305 e. The lowest BCUT2D eigenvalue weighted by Gasteiger charge is -2.18. The Bertz CT molecular complexity index is 1620. The van der Waals surface area contributed by atoms with Crippen molar-refractivity contribution in [1.29, 1.82) is 0 Å². The molecule has 6 rings (SSSR count). The highest BCUT2D eigenvalue weighted by molar-refractivity contribution is 8.14. The van der Waals surface area contributed by atoms with E-state index in [1.807, 2.05) is 89.9 Å². The molecule has 1 N–H and O–H groups in total. The molecule has 4 aromatic rings. The summed E-state index contributed by atoms with van der Waals surface area (Å²) in [6, 6.07) is 26.6. The molecule has 0 saturated carbocycles. The first-order chi connectivity index (χ1) is 21.1. The maximum Gasteiger partial charge on any atom is 0.305 e. The van der Waals surface area contributed by atoms with Crippen LogP contribution in [0, 0.1) is 0 Å². The quantitative estimate of drug-likeness (QED) is 0.230. The number of amidine groups is 1. The molecule has 2 aliphatic rings. The molecule has 1 fully saturated rings. The zero-order chi connectivity index (χ0) is 29.4. The number of anilines is 2. The summed E-state index contributed by atoms with van der Waals surface area (Å²) in [5.74, 6) is 0.358. The first kappa shape index (κ1) is 28.2. The highest BCUT2D eigenvalue weighted by Crippen LogP contribution is 2.29. The molecule has 0 unspecified atom stereocenters. The molecule has 0 atom stereocenters. The van der Waals surface area contributed by atoms with Gasteiger partial charge in [-0.15, -0.1) is 5.01 Å². The molecule has 218 valence electrons. The average Bonchev–Trinajstić information content (AvgIpc) is 3.65. The Labute approximate surface area is 252 Å². The number of aliphatic imine (C=N–C) groups is 1. The van der Waals surface area contributed by atoms with Crippen molar-refractivity contribution in [2.45, 2.75) is 6.61 Å². The largest absolute Gasteiger partial charge is 0.489 e. The van der Waals surface area contributed by atoms with Crippen LogP contribution in [0.5, 0.6) is 5.75 Å². The maximum absolute atomic E-state index is 13.5. The Kier molecular flexibility index (Phi) is 8.76. The summed E-state index contributed by atoms with van der Waals surface area (Å²) in [5.41, 5.74) is 2.81. The number of hydrogen-bond donors (Lipinski definition) is 1. The van der Waals surface area contributed by atoms with Gasteiger partial charge < -0.3 is 9.47 Å². The summed E-state index contributed by atoms with van der Waals surface area (Å²) in [7, 11) is 0. The molecule has 3 aromatic carbocycles. The molecule has 11 nitrogen and oxygen atoms in total. The van der Waals surface area contributed by atoms with E-state index in [1.54, 1.807) is 17.1 Å². The van der Waals surface area contributed by atoms with Crippen LogP contribution in [0.1, 0.15) is 11.1 Å². The lowest BCUT2D eigenvalue weighted by atomic mass is 10.2. The summed E-state index contributed by atoms with van der Waals surface area (Å²) < 4.78 is 16.5. The number of hydrogen-bond acceptors (Lipinski definition) is 9. The van der Waals surface area contributed by atoms with Gasteiger partial charge in [0.15, 0.2) is 5.17 Å². The van der Waals surface area contributed by atoms with Gasteiger partial charge in [-0.1, -0.05) is 72.4 Å². The number of aromatic nitrogens is 2. The second-order valence-corrected chi connectivity index (χ2v) is 10.6. The standard InChI is InChI=1S/C31H28N6O5S/c38-28(33-29-20-36(34-42-29)35-15-17-40-18-16-35)22-43-31-32-27(30(39)37(31)25-9-5-2-6-10-25)19-23-11-13-26(14-12-23)41-21-24-7-3-1-4-8-24/h1-14,19-20H,15-18,21-22H2/p+1/b27-19+. The summed E-state index contributed by atoms with van der Waals surface area (Å²) >= 11 is 1.16. The van der Waals surface area contributed by atoms with Crippen LogP contribution in [0.4, 0.5) is 11.6 Å². The fourth-order valence-electron chi connectivity index (χ4n) is 4.45. The van der Waals surface area contributed by atoms with Crippen LogP contribution in [-0.2, 0) is 20.9 Å². The molecule has 12 heteroatoms. The zero-order valence-electron chi connectivity index (χ0n) is 23.2. The molecule has 0 aliphatic carbocycles. The SMILES string of the molecule is O=C(CSC1=N/C(=C/c2ccc(OCc3ccccc3)cc2)C(=O)N1c1ccccc1)Nc1c[n+](N2CCOCC2)no1. The number of thioether (sulfide) groups is 1. The monoisotopic (exact) mass is 597 g/mol. The highest BCUT2D eigenvalue weighted by atomic mass is 32.2. The van der Waals surface area contributed by atoms with Gasteiger partial charge in [0.05, 0.1) is 42.5 Å². The van der Waals surface area contributed by atoms with E-state index in [0.717, 1.165) is 28.6 Å². The maximum atomic E-state index is 13.5. The summed E-state index contributed by atoms with van der Waals surface area (Å²) in [6.07, 6.45) is 3.34. The van der Waals surface area contributed by atoms with Crippen molar-refractivity contribution in [2.75, 3.05) is 47.3 Å². The third kappa shape index (κ3) is 7.11. The highest BCUT2D eigenvalue weighted by Gasteiger charge is 2.32. The number of nitrogens with zero attached hydrogens (tertiary/aromatic N) is 5. The molecule has 0 spiro atoms. The topological polar surface area (TPSA) is 113 Å². The van der Waals surface area contributed by atoms with Gasteiger partial charge in [0, 0.05) is 0 Å². The van der Waals surface area contributed by atoms with E-state index in [4.69, 9.17) is 14.0 Å². The number of rotatable bonds is 9. The van der Waals surface area contributed by atoms with E-state index >= 15 is 0 Å². The van der Waals surface area contributed by atoms with Crippen molar-refractivity contribution in [3.8, 4) is 5.75 Å². The molecular weight excluding hydrogens is 568 g/mol. The minimum atomic E-state index is -0.318. The number of morpholine rings is 1. The van der Waals surface area contributed by atoms with E-state index in [9.17, 15) is 9.59 Å². The molecule has 1 saturated heterocycles. The van der Waals surface area contributed by atoms with Crippen LogP contribution in [-0.4, -0.2) is 54.3 Å². The van der Waals surface area contributed by atoms with E-state index < -0.39 is 0 Å². The molecule has 1 aromatic heterocycles. The fraction of sp³-hybridized carbons (Fsp3) is 0.194. The van der Waals surface area contributed by atoms with Gasteiger partial charge in [0.1, 0.15) is 18.1 Å². The van der Waals surface area contributed by atoms with Crippen molar-refractivity contribution in [3.05, 3.63) is 108 Å². The van der Waals surface area contributed by atoms with Crippen molar-refractivity contribution in [3.63, 3.8) is 0 Å². The Morgan fingerprint density at radius 3 is 2.47 bits per heavy atom. The summed E-state index contributed by atoms with van der Waals surface area (Å²) in [5, 5.41) is 9.04. The average molecular weight is 598 g/mol. The lowest BCUT2D eigenvalue weighted by molar-refractivity contribution is -0.759. The number of ether oxygens (including phenoxy) is 2. The van der Waals surface area contributed by atoms with E-state index in [-0.39, 0.29) is 29.1 Å². The number of amides is 2. The predicted octanol–water partition coefficient (Wildman–Crippen LogP) is 3.62. The molecule has 0 bridgehead atoms. The second kappa shape index (κ2) is 13.4. The van der Waals surface area contributed by atoms with Gasteiger partial charge in [-0.25, -0.2) is 4.99 Å². The van der Waals surface area contributed by atoms with Gasteiger partial charge in [-0.05, 0) is 41.5 Å². The van der Waals surface area contributed by atoms with Crippen LogP contribution < -0.4 is 24.8 Å². The molecular formula is C31H29N6O5S+. The van der Waals surface area contributed by atoms with Crippen molar-refractivity contribution < 1.29 is 28.4 Å². The molecule has 2 amide bonds. The second-order valence-electron chi connectivity index (χ2n) is 9.63. The van der Waals surface area contributed by atoms with Gasteiger partial charge in [0.25, 0.3) is 12.1 Å². The Morgan fingerprint density at radius 1 is 1.00 bits per heavy atom. The fourth-order valence-corrected chi connectivity index (χ4v) is 5.26. The van der Waals surface area contributed by atoms with Crippen LogP contribution in [0.2, 0.25) is 0 Å². The first-order valence-corrected chi connectivity index (χ1v) is 14.7. The minimum Gasteiger partial charge on any atom is -0.489 e. The third-order valence-corrected chi connectivity index (χ3v) is 7.54.